The quantitative estimate of drug-likeness (QED) is 0.718. The second-order valence-electron chi connectivity index (χ2n) is 7.90. The topological polar surface area (TPSA) is 79.4 Å². The molecule has 2 saturated heterocycles. The molecule has 3 aliphatic rings. The van der Waals surface area contributed by atoms with Crippen molar-refractivity contribution >= 4 is 23.5 Å². The van der Waals surface area contributed by atoms with E-state index in [2.05, 4.69) is 9.47 Å². The molecule has 0 saturated carbocycles. The monoisotopic (exact) mass is 395 g/mol. The van der Waals surface area contributed by atoms with Crippen LogP contribution in [0, 0.1) is 0 Å². The van der Waals surface area contributed by atoms with Crippen molar-refractivity contribution in [3.63, 3.8) is 0 Å². The van der Waals surface area contributed by atoms with E-state index in [1.165, 1.54) is 28.0 Å². The van der Waals surface area contributed by atoms with Gasteiger partial charge in [0.05, 0.1) is 0 Å². The third-order valence-corrected chi connectivity index (χ3v) is 4.91. The predicted octanol–water partition coefficient (Wildman–Crippen LogP) is 2.18. The number of alkyl halides is 2. The summed E-state index contributed by atoms with van der Waals surface area (Å²) >= 11 is 0. The molecule has 10 heteroatoms. The number of rotatable bonds is 2. The van der Waals surface area contributed by atoms with Gasteiger partial charge in [-0.2, -0.15) is 0 Å². The Morgan fingerprint density at radius 2 is 1.79 bits per heavy atom. The maximum Gasteiger partial charge on any atom is 0.586 e. The molecule has 0 aliphatic carbocycles. The smallest absolute Gasteiger partial charge is 0.395 e. The summed E-state index contributed by atoms with van der Waals surface area (Å²) in [6, 6.07) is 2.80. The Labute approximate surface area is 159 Å². The Hall–Kier alpha value is -2.91. The second-order valence-corrected chi connectivity index (χ2v) is 7.90. The summed E-state index contributed by atoms with van der Waals surface area (Å²) in [4.78, 5) is 41.7. The Morgan fingerprint density at radius 1 is 1.11 bits per heavy atom. The number of imide groups is 1. The molecule has 3 heterocycles. The van der Waals surface area contributed by atoms with Crippen molar-refractivity contribution < 1.29 is 32.6 Å². The molecule has 0 radical (unpaired) electrons. The zero-order valence-electron chi connectivity index (χ0n) is 15.6. The van der Waals surface area contributed by atoms with Crippen LogP contribution in [-0.2, 0) is 9.59 Å². The number of benzene rings is 1. The van der Waals surface area contributed by atoms with E-state index in [1.807, 2.05) is 0 Å². The first-order valence-corrected chi connectivity index (χ1v) is 8.83. The van der Waals surface area contributed by atoms with Gasteiger partial charge in [-0.25, -0.2) is 4.79 Å². The van der Waals surface area contributed by atoms with Crippen LogP contribution in [0.4, 0.5) is 19.3 Å². The molecule has 0 aromatic heterocycles. The number of hydrogen-bond donors (Lipinski definition) is 0. The molecule has 3 aliphatic heterocycles. The molecule has 4 amide bonds. The molecule has 0 N–H and O–H groups in total. The molecule has 1 unspecified atom stereocenters. The van der Waals surface area contributed by atoms with Gasteiger partial charge in [0.25, 0.3) is 5.91 Å². The summed E-state index contributed by atoms with van der Waals surface area (Å²) in [5.74, 6) is -1.00. The number of urea groups is 1. The van der Waals surface area contributed by atoms with Crippen molar-refractivity contribution in [3.05, 3.63) is 18.2 Å². The van der Waals surface area contributed by atoms with Crippen molar-refractivity contribution in [2.24, 2.45) is 0 Å². The largest absolute Gasteiger partial charge is 0.586 e. The van der Waals surface area contributed by atoms with Gasteiger partial charge in [-0.3, -0.25) is 14.5 Å². The van der Waals surface area contributed by atoms with E-state index in [1.54, 1.807) is 20.8 Å². The summed E-state index contributed by atoms with van der Waals surface area (Å²) in [6.45, 7) is 5.37. The van der Waals surface area contributed by atoms with Gasteiger partial charge in [-0.05, 0) is 39.3 Å². The molecule has 0 spiro atoms. The number of anilines is 1. The summed E-state index contributed by atoms with van der Waals surface area (Å²) in [5, 5.41) is 0. The van der Waals surface area contributed by atoms with Crippen molar-refractivity contribution in [3.8, 4) is 11.5 Å². The van der Waals surface area contributed by atoms with Crippen LogP contribution >= 0.6 is 0 Å². The minimum absolute atomic E-state index is 0.113. The SMILES string of the molecule is CC(C)(C)N1C(=O)CN(C2CCN(c3ccc4c(c3)OC(F)(F)O4)C2=O)C1=O. The maximum absolute atomic E-state index is 13.2. The van der Waals surface area contributed by atoms with E-state index in [-0.39, 0.29) is 36.4 Å². The van der Waals surface area contributed by atoms with E-state index in [0.717, 1.165) is 4.90 Å². The molecular formula is C18H19F2N3O5. The highest BCUT2D eigenvalue weighted by atomic mass is 19.3. The third kappa shape index (κ3) is 2.83. The van der Waals surface area contributed by atoms with Gasteiger partial charge in [-0.15, -0.1) is 8.78 Å². The number of fused-ring (bicyclic) bond motifs is 1. The molecular weight excluding hydrogens is 376 g/mol. The predicted molar refractivity (Wildman–Crippen MR) is 92.1 cm³/mol. The lowest BCUT2D eigenvalue weighted by Gasteiger charge is -2.30. The number of carbonyl (C=O) groups is 3. The lowest BCUT2D eigenvalue weighted by atomic mass is 10.1. The van der Waals surface area contributed by atoms with Gasteiger partial charge in [0.2, 0.25) is 5.91 Å². The Morgan fingerprint density at radius 3 is 2.43 bits per heavy atom. The fourth-order valence-corrected chi connectivity index (χ4v) is 3.74. The van der Waals surface area contributed by atoms with E-state index >= 15 is 0 Å². The van der Waals surface area contributed by atoms with Gasteiger partial charge in [0.15, 0.2) is 11.5 Å². The van der Waals surface area contributed by atoms with Gasteiger partial charge in [0.1, 0.15) is 12.6 Å². The summed E-state index contributed by atoms with van der Waals surface area (Å²) in [6.07, 6.45) is -3.41. The maximum atomic E-state index is 13.2. The molecule has 1 aromatic rings. The van der Waals surface area contributed by atoms with Crippen molar-refractivity contribution in [2.45, 2.75) is 45.1 Å². The average Bonchev–Trinajstić information content (AvgIpc) is 3.17. The summed E-state index contributed by atoms with van der Waals surface area (Å²) in [5.41, 5.74) is -0.328. The van der Waals surface area contributed by atoms with E-state index in [4.69, 9.17) is 0 Å². The van der Waals surface area contributed by atoms with Gasteiger partial charge in [0, 0.05) is 23.8 Å². The van der Waals surface area contributed by atoms with Crippen LogP contribution in [0.1, 0.15) is 27.2 Å². The Bertz CT molecular complexity index is 882. The molecule has 1 aromatic carbocycles. The lowest BCUT2D eigenvalue weighted by molar-refractivity contribution is -0.286. The number of nitrogens with zero attached hydrogens (tertiary/aromatic N) is 3. The van der Waals surface area contributed by atoms with Crippen LogP contribution in [0.5, 0.6) is 11.5 Å². The Kier molecular flexibility index (Phi) is 3.82. The molecule has 28 heavy (non-hydrogen) atoms. The van der Waals surface area contributed by atoms with Crippen LogP contribution in [0.3, 0.4) is 0 Å². The van der Waals surface area contributed by atoms with Crippen LogP contribution in [0.15, 0.2) is 18.2 Å². The van der Waals surface area contributed by atoms with Crippen LogP contribution < -0.4 is 14.4 Å². The van der Waals surface area contributed by atoms with Crippen molar-refractivity contribution in [1.29, 1.82) is 0 Å². The Balaban J connectivity index is 1.54. The summed E-state index contributed by atoms with van der Waals surface area (Å²) in [7, 11) is 0. The fraction of sp³-hybridized carbons (Fsp3) is 0.500. The fourth-order valence-electron chi connectivity index (χ4n) is 3.74. The molecule has 150 valence electrons. The highest BCUT2D eigenvalue weighted by Gasteiger charge is 2.49. The average molecular weight is 395 g/mol. The molecule has 4 rings (SSSR count). The van der Waals surface area contributed by atoms with Crippen LogP contribution in [0.25, 0.3) is 0 Å². The van der Waals surface area contributed by atoms with Crippen LogP contribution in [0.2, 0.25) is 0 Å². The lowest BCUT2D eigenvalue weighted by Crippen LogP contribution is -2.49. The number of ether oxygens (including phenoxy) is 2. The first kappa shape index (κ1) is 18.5. The van der Waals surface area contributed by atoms with Gasteiger partial charge in [-0.1, -0.05) is 0 Å². The van der Waals surface area contributed by atoms with Crippen molar-refractivity contribution in [1.82, 2.24) is 9.80 Å². The summed E-state index contributed by atoms with van der Waals surface area (Å²) < 4.78 is 35.2. The molecule has 1 atom stereocenters. The highest BCUT2D eigenvalue weighted by Crippen LogP contribution is 2.43. The van der Waals surface area contributed by atoms with E-state index < -0.39 is 23.9 Å². The zero-order chi connectivity index (χ0) is 20.4. The first-order valence-electron chi connectivity index (χ1n) is 8.83. The minimum atomic E-state index is -3.74. The second kappa shape index (κ2) is 5.79. The number of amides is 4. The third-order valence-electron chi connectivity index (χ3n) is 4.91. The number of halogens is 2. The normalized spacial score (nSPS) is 24.0. The number of carbonyl (C=O) groups excluding carboxylic acids is 3. The minimum Gasteiger partial charge on any atom is -0.395 e. The molecule has 2 fully saturated rings. The zero-order valence-corrected chi connectivity index (χ0v) is 15.6. The first-order chi connectivity index (χ1) is 13.0. The number of hydrogen-bond acceptors (Lipinski definition) is 5. The highest BCUT2D eigenvalue weighted by molar-refractivity contribution is 6.07. The van der Waals surface area contributed by atoms with Crippen molar-refractivity contribution in [2.75, 3.05) is 18.0 Å². The van der Waals surface area contributed by atoms with Crippen LogP contribution in [-0.4, -0.2) is 58.6 Å². The van der Waals surface area contributed by atoms with Gasteiger partial charge < -0.3 is 19.3 Å². The van der Waals surface area contributed by atoms with E-state index in [9.17, 15) is 23.2 Å². The standard InChI is InChI=1S/C18H19F2N3O5/c1-17(2,3)23-14(24)9-22(16(23)26)11-6-7-21(15(11)25)10-4-5-12-13(8-10)28-18(19,20)27-12/h4-5,8,11H,6-7,9H2,1-3H3. The molecule has 0 bridgehead atoms. The molecule has 8 nitrogen and oxygen atoms in total. The van der Waals surface area contributed by atoms with E-state index in [0.29, 0.717) is 12.1 Å². The van der Waals surface area contributed by atoms with Gasteiger partial charge >= 0.3 is 12.3 Å².